The van der Waals surface area contributed by atoms with Gasteiger partial charge in [-0.2, -0.15) is 0 Å². The largest absolute Gasteiger partial charge is 0.490 e. The zero-order valence-corrected chi connectivity index (χ0v) is 13.1. The maximum atomic E-state index is 11.2. The van der Waals surface area contributed by atoms with Crippen molar-refractivity contribution in [3.8, 4) is 5.75 Å². The summed E-state index contributed by atoms with van der Waals surface area (Å²) in [6, 6.07) is 3.84. The summed E-state index contributed by atoms with van der Waals surface area (Å²) in [4.78, 5) is 15.3. The number of methoxy groups -OCH3 is 1. The predicted octanol–water partition coefficient (Wildman–Crippen LogP) is 2.31. The number of nitro groups is 1. The van der Waals surface area contributed by atoms with Crippen LogP contribution in [0.3, 0.4) is 0 Å². The van der Waals surface area contributed by atoms with Crippen LogP contribution < -0.4 is 9.64 Å². The van der Waals surface area contributed by atoms with Crippen LogP contribution in [0.1, 0.15) is 18.9 Å². The number of hydrogen-bond acceptors (Lipinski definition) is 5. The Bertz CT molecular complexity index is 531. The van der Waals surface area contributed by atoms with E-state index in [0.717, 1.165) is 37.2 Å². The molecule has 1 aliphatic heterocycles. The van der Waals surface area contributed by atoms with Crippen LogP contribution in [0.4, 0.5) is 11.4 Å². The van der Waals surface area contributed by atoms with Crippen LogP contribution in [0.5, 0.6) is 5.75 Å². The van der Waals surface area contributed by atoms with E-state index in [-0.39, 0.29) is 10.6 Å². The number of nitro benzene ring substituents is 1. The van der Waals surface area contributed by atoms with Crippen LogP contribution in [0.25, 0.3) is 0 Å². The van der Waals surface area contributed by atoms with Crippen molar-refractivity contribution >= 4 is 11.4 Å². The summed E-state index contributed by atoms with van der Waals surface area (Å²) in [6.07, 6.45) is 1.76. The first-order valence-electron chi connectivity index (χ1n) is 7.25. The lowest BCUT2D eigenvalue weighted by atomic mass is 10.0. The third kappa shape index (κ3) is 2.95. The average molecular weight is 293 g/mol. The molecule has 116 valence electrons. The van der Waals surface area contributed by atoms with Gasteiger partial charge >= 0.3 is 5.69 Å². The molecule has 6 heteroatoms. The average Bonchev–Trinajstić information content (AvgIpc) is 2.65. The summed E-state index contributed by atoms with van der Waals surface area (Å²) in [6.45, 7) is 3.91. The van der Waals surface area contributed by atoms with E-state index in [0.29, 0.717) is 11.8 Å². The molecule has 1 unspecified atom stereocenters. The highest BCUT2D eigenvalue weighted by atomic mass is 16.6. The molecule has 21 heavy (non-hydrogen) atoms. The molecular weight excluding hydrogens is 270 g/mol. The summed E-state index contributed by atoms with van der Waals surface area (Å²) in [5.41, 5.74) is 2.07. The lowest BCUT2D eigenvalue weighted by Crippen LogP contribution is -2.39. The fourth-order valence-corrected chi connectivity index (χ4v) is 2.99. The van der Waals surface area contributed by atoms with E-state index in [1.807, 2.05) is 6.07 Å². The smallest absolute Gasteiger partial charge is 0.311 e. The van der Waals surface area contributed by atoms with Crippen LogP contribution in [-0.2, 0) is 6.42 Å². The summed E-state index contributed by atoms with van der Waals surface area (Å²) >= 11 is 0. The van der Waals surface area contributed by atoms with Gasteiger partial charge in [-0.1, -0.05) is 0 Å². The lowest BCUT2D eigenvalue weighted by Gasteiger charge is -2.29. The van der Waals surface area contributed by atoms with Crippen molar-refractivity contribution in [1.82, 2.24) is 4.90 Å². The minimum Gasteiger partial charge on any atom is -0.490 e. The summed E-state index contributed by atoms with van der Waals surface area (Å²) in [5.74, 6) is 0.412. The molecule has 0 saturated carbocycles. The Morgan fingerprint density at radius 1 is 1.48 bits per heavy atom. The number of hydrogen-bond donors (Lipinski definition) is 0. The highest BCUT2D eigenvalue weighted by Gasteiger charge is 2.28. The maximum Gasteiger partial charge on any atom is 0.311 e. The molecule has 1 aromatic carbocycles. The molecule has 0 radical (unpaired) electrons. The molecule has 1 heterocycles. The highest BCUT2D eigenvalue weighted by Crippen LogP contribution is 2.40. The van der Waals surface area contributed by atoms with E-state index in [1.54, 1.807) is 6.07 Å². The van der Waals surface area contributed by atoms with Gasteiger partial charge < -0.3 is 14.5 Å². The van der Waals surface area contributed by atoms with Gasteiger partial charge in [0.15, 0.2) is 0 Å². The molecule has 0 bridgehead atoms. The first kappa shape index (κ1) is 15.6. The number of rotatable bonds is 4. The van der Waals surface area contributed by atoms with Crippen LogP contribution >= 0.6 is 0 Å². The Kier molecular flexibility index (Phi) is 4.67. The number of ether oxygens (including phenoxy) is 1. The number of likely N-dealkylation sites (N-methyl/N-ethyl adjacent to an activating group) is 2. The molecule has 6 nitrogen and oxygen atoms in total. The summed E-state index contributed by atoms with van der Waals surface area (Å²) < 4.78 is 5.37. The molecule has 0 saturated heterocycles. The molecule has 0 fully saturated rings. The molecule has 0 spiro atoms. The SMILES string of the molecule is CCN1CC(N(C)C)CCc2c1ccc([N+](=O)[O-])c2OC. The van der Waals surface area contributed by atoms with Crippen molar-refractivity contribution in [3.05, 3.63) is 27.8 Å². The number of nitrogens with zero attached hydrogens (tertiary/aromatic N) is 3. The minimum absolute atomic E-state index is 0.0515. The quantitative estimate of drug-likeness (QED) is 0.630. The zero-order chi connectivity index (χ0) is 15.6. The van der Waals surface area contributed by atoms with Crippen LogP contribution in [0.15, 0.2) is 12.1 Å². The van der Waals surface area contributed by atoms with Crippen molar-refractivity contribution in [2.45, 2.75) is 25.8 Å². The van der Waals surface area contributed by atoms with Crippen molar-refractivity contribution in [3.63, 3.8) is 0 Å². The van der Waals surface area contributed by atoms with Crippen LogP contribution in [-0.4, -0.2) is 50.2 Å². The molecule has 1 atom stereocenters. The van der Waals surface area contributed by atoms with Crippen LogP contribution in [0, 0.1) is 10.1 Å². The monoisotopic (exact) mass is 293 g/mol. The second kappa shape index (κ2) is 6.30. The second-order valence-electron chi connectivity index (χ2n) is 5.57. The zero-order valence-electron chi connectivity index (χ0n) is 13.1. The van der Waals surface area contributed by atoms with E-state index >= 15 is 0 Å². The van der Waals surface area contributed by atoms with Crippen molar-refractivity contribution < 1.29 is 9.66 Å². The van der Waals surface area contributed by atoms with E-state index in [2.05, 4.69) is 30.8 Å². The van der Waals surface area contributed by atoms with E-state index in [9.17, 15) is 10.1 Å². The van der Waals surface area contributed by atoms with Gasteiger partial charge in [0, 0.05) is 36.4 Å². The number of fused-ring (bicyclic) bond motifs is 1. The Labute approximate surface area is 125 Å². The van der Waals surface area contributed by atoms with Gasteiger partial charge in [-0.05, 0) is 39.9 Å². The van der Waals surface area contributed by atoms with Crippen molar-refractivity contribution in [2.24, 2.45) is 0 Å². The topological polar surface area (TPSA) is 58.9 Å². The van der Waals surface area contributed by atoms with Gasteiger partial charge in [0.05, 0.1) is 12.0 Å². The number of anilines is 1. The Balaban J connectivity index is 2.51. The Morgan fingerprint density at radius 2 is 2.19 bits per heavy atom. The second-order valence-corrected chi connectivity index (χ2v) is 5.57. The number of benzene rings is 1. The van der Waals surface area contributed by atoms with Gasteiger partial charge in [0.1, 0.15) is 0 Å². The van der Waals surface area contributed by atoms with Gasteiger partial charge in [0.2, 0.25) is 5.75 Å². The molecule has 0 amide bonds. The predicted molar refractivity (Wildman–Crippen MR) is 83.3 cm³/mol. The summed E-state index contributed by atoms with van der Waals surface area (Å²) in [7, 11) is 5.66. The Morgan fingerprint density at radius 3 is 2.71 bits per heavy atom. The van der Waals surface area contributed by atoms with Gasteiger partial charge in [0.25, 0.3) is 0 Å². The molecule has 1 aromatic rings. The molecular formula is C15H23N3O3. The molecule has 2 rings (SSSR count). The lowest BCUT2D eigenvalue weighted by molar-refractivity contribution is -0.385. The minimum atomic E-state index is -0.371. The third-order valence-electron chi connectivity index (χ3n) is 4.23. The molecule has 0 aliphatic carbocycles. The normalized spacial score (nSPS) is 18.3. The Hall–Kier alpha value is -1.82. The van der Waals surface area contributed by atoms with E-state index in [4.69, 9.17) is 4.74 Å². The standard InChI is InChI=1S/C15H23N3O3/c1-5-17-10-11(16(2)3)6-7-12-13(17)8-9-14(18(19)20)15(12)21-4/h8-9,11H,5-7,10H2,1-4H3. The fourth-order valence-electron chi connectivity index (χ4n) is 2.99. The molecule has 1 aliphatic rings. The molecule has 0 N–H and O–H groups in total. The van der Waals surface area contributed by atoms with Crippen LogP contribution in [0.2, 0.25) is 0 Å². The first-order chi connectivity index (χ1) is 9.99. The van der Waals surface area contributed by atoms with Gasteiger partial charge in [-0.3, -0.25) is 10.1 Å². The van der Waals surface area contributed by atoms with E-state index in [1.165, 1.54) is 7.11 Å². The maximum absolute atomic E-state index is 11.2. The fraction of sp³-hybridized carbons (Fsp3) is 0.600. The van der Waals surface area contributed by atoms with E-state index < -0.39 is 0 Å². The van der Waals surface area contributed by atoms with Gasteiger partial charge in [-0.25, -0.2) is 0 Å². The third-order valence-corrected chi connectivity index (χ3v) is 4.23. The first-order valence-corrected chi connectivity index (χ1v) is 7.25. The van der Waals surface area contributed by atoms with Crippen molar-refractivity contribution in [1.29, 1.82) is 0 Å². The van der Waals surface area contributed by atoms with Crippen molar-refractivity contribution in [2.75, 3.05) is 39.2 Å². The molecule has 0 aromatic heterocycles. The summed E-state index contributed by atoms with van der Waals surface area (Å²) in [5, 5.41) is 11.2. The van der Waals surface area contributed by atoms with Gasteiger partial charge in [-0.15, -0.1) is 0 Å². The highest BCUT2D eigenvalue weighted by molar-refractivity contribution is 5.67.